The summed E-state index contributed by atoms with van der Waals surface area (Å²) in [5.41, 5.74) is 7.25. The van der Waals surface area contributed by atoms with Gasteiger partial charge in [0.2, 0.25) is 5.91 Å². The molecule has 0 radical (unpaired) electrons. The van der Waals surface area contributed by atoms with Crippen LogP contribution in [0.4, 0.5) is 5.69 Å². The molecule has 3 N–H and O–H groups in total. The second-order valence-electron chi connectivity index (χ2n) is 7.36. The fourth-order valence-electron chi connectivity index (χ4n) is 3.45. The summed E-state index contributed by atoms with van der Waals surface area (Å²) in [6.07, 6.45) is 3.66. The highest BCUT2D eigenvalue weighted by Gasteiger charge is 2.27. The van der Waals surface area contributed by atoms with Crippen LogP contribution in [0.5, 0.6) is 0 Å². The lowest BCUT2D eigenvalue weighted by atomic mass is 9.96. The number of aromatic nitrogens is 1. The zero-order chi connectivity index (χ0) is 18.6. The van der Waals surface area contributed by atoms with Crippen molar-refractivity contribution < 1.29 is 9.53 Å². The Morgan fingerprint density at radius 3 is 2.61 bits per heavy atom. The van der Waals surface area contributed by atoms with Gasteiger partial charge < -0.3 is 20.4 Å². The minimum absolute atomic E-state index is 0. The predicted octanol–water partition coefficient (Wildman–Crippen LogP) is 3.27. The van der Waals surface area contributed by atoms with Gasteiger partial charge in [0.25, 0.3) is 0 Å². The molecule has 1 unspecified atom stereocenters. The van der Waals surface area contributed by atoms with E-state index in [9.17, 15) is 4.79 Å². The first-order chi connectivity index (χ1) is 12.5. The minimum Gasteiger partial charge on any atom is -0.379 e. The Bertz CT molecular complexity index is 758. The van der Waals surface area contributed by atoms with Crippen molar-refractivity contribution in [1.82, 2.24) is 9.47 Å². The molecule has 8 heteroatoms. The van der Waals surface area contributed by atoms with Crippen LogP contribution in [0.3, 0.4) is 0 Å². The Labute approximate surface area is 179 Å². The first-order valence-corrected chi connectivity index (χ1v) is 9.49. The van der Waals surface area contributed by atoms with Crippen LogP contribution < -0.4 is 11.1 Å². The number of anilines is 1. The number of nitrogens with one attached hydrogen (secondary N) is 1. The first kappa shape index (κ1) is 24.7. The van der Waals surface area contributed by atoms with Gasteiger partial charge in [-0.1, -0.05) is 13.3 Å². The lowest BCUT2D eigenvalue weighted by Crippen LogP contribution is -2.48. The lowest BCUT2D eigenvalue weighted by molar-refractivity contribution is -0.120. The molecule has 0 saturated carbocycles. The van der Waals surface area contributed by atoms with Crippen molar-refractivity contribution in [2.24, 2.45) is 5.73 Å². The van der Waals surface area contributed by atoms with E-state index in [1.165, 1.54) is 5.52 Å². The number of carbonyl (C=O) groups excluding carboxylic acids is 1. The molecule has 0 spiro atoms. The van der Waals surface area contributed by atoms with Crippen LogP contribution >= 0.6 is 24.8 Å². The van der Waals surface area contributed by atoms with Gasteiger partial charge in [0.15, 0.2) is 0 Å². The molecular weight excluding hydrogens is 399 g/mol. The standard InChI is InChI=1S/C20H30N4O2.2ClH/c1-3-7-20(2,21)19(25)22-17-4-5-18-16(15-17)6-8-24(18)10-9-23-11-13-26-14-12-23;;/h4-6,8,15H,3,7,9-14,21H2,1-2H3,(H,22,25);2*1H. The van der Waals surface area contributed by atoms with Crippen molar-refractivity contribution in [3.8, 4) is 0 Å². The molecule has 2 heterocycles. The summed E-state index contributed by atoms with van der Waals surface area (Å²) in [4.78, 5) is 14.8. The van der Waals surface area contributed by atoms with Gasteiger partial charge >= 0.3 is 0 Å². The van der Waals surface area contributed by atoms with Crippen LogP contribution in [-0.2, 0) is 16.1 Å². The summed E-state index contributed by atoms with van der Waals surface area (Å²) >= 11 is 0. The molecule has 1 aromatic heterocycles. The molecule has 1 aliphatic rings. The monoisotopic (exact) mass is 430 g/mol. The van der Waals surface area contributed by atoms with E-state index in [0.29, 0.717) is 6.42 Å². The van der Waals surface area contributed by atoms with Crippen molar-refractivity contribution in [3.63, 3.8) is 0 Å². The molecule has 3 rings (SSSR count). The summed E-state index contributed by atoms with van der Waals surface area (Å²) < 4.78 is 7.66. The van der Waals surface area contributed by atoms with Gasteiger partial charge in [-0.3, -0.25) is 9.69 Å². The smallest absolute Gasteiger partial charge is 0.244 e. The van der Waals surface area contributed by atoms with Gasteiger partial charge in [-0.15, -0.1) is 24.8 Å². The number of carbonyl (C=O) groups is 1. The van der Waals surface area contributed by atoms with Crippen molar-refractivity contribution in [3.05, 3.63) is 30.5 Å². The summed E-state index contributed by atoms with van der Waals surface area (Å²) in [6.45, 7) is 9.45. The molecule has 1 fully saturated rings. The molecule has 0 aliphatic carbocycles. The zero-order valence-electron chi connectivity index (χ0n) is 16.6. The number of rotatable bonds is 7. The predicted molar refractivity (Wildman–Crippen MR) is 120 cm³/mol. The van der Waals surface area contributed by atoms with E-state index in [0.717, 1.165) is 56.9 Å². The second-order valence-corrected chi connectivity index (χ2v) is 7.36. The van der Waals surface area contributed by atoms with Gasteiger partial charge in [0.05, 0.1) is 18.8 Å². The van der Waals surface area contributed by atoms with Gasteiger partial charge in [0.1, 0.15) is 0 Å². The average Bonchev–Trinajstić information content (AvgIpc) is 3.03. The van der Waals surface area contributed by atoms with Crippen molar-refractivity contribution in [1.29, 1.82) is 0 Å². The van der Waals surface area contributed by atoms with E-state index in [4.69, 9.17) is 10.5 Å². The molecule has 1 aromatic carbocycles. The largest absolute Gasteiger partial charge is 0.379 e. The SMILES string of the molecule is CCCC(C)(N)C(=O)Nc1ccc2c(ccn2CCN2CCOCC2)c1.Cl.Cl. The van der Waals surface area contributed by atoms with Gasteiger partial charge in [0, 0.05) is 49.0 Å². The van der Waals surface area contributed by atoms with E-state index in [1.807, 2.05) is 19.1 Å². The first-order valence-electron chi connectivity index (χ1n) is 9.49. The van der Waals surface area contributed by atoms with Crippen molar-refractivity contribution >= 4 is 47.3 Å². The number of morpholine rings is 1. The molecule has 1 aliphatic heterocycles. The van der Waals surface area contributed by atoms with Crippen LogP contribution in [0.25, 0.3) is 10.9 Å². The highest BCUT2D eigenvalue weighted by Crippen LogP contribution is 2.22. The molecule has 1 saturated heterocycles. The number of hydrogen-bond acceptors (Lipinski definition) is 4. The highest BCUT2D eigenvalue weighted by molar-refractivity contribution is 5.99. The van der Waals surface area contributed by atoms with Crippen LogP contribution in [0.2, 0.25) is 0 Å². The molecule has 28 heavy (non-hydrogen) atoms. The molecule has 2 aromatic rings. The van der Waals surface area contributed by atoms with E-state index in [1.54, 1.807) is 6.92 Å². The van der Waals surface area contributed by atoms with Crippen molar-refractivity contribution in [2.75, 3.05) is 38.2 Å². The Hall–Kier alpha value is -1.31. The van der Waals surface area contributed by atoms with Gasteiger partial charge in [-0.25, -0.2) is 0 Å². The summed E-state index contributed by atoms with van der Waals surface area (Å²) in [6, 6.07) is 8.13. The van der Waals surface area contributed by atoms with Crippen LogP contribution in [0.15, 0.2) is 30.5 Å². The topological polar surface area (TPSA) is 72.5 Å². The number of halogens is 2. The van der Waals surface area contributed by atoms with Crippen LogP contribution in [0, 0.1) is 0 Å². The normalized spacial score (nSPS) is 16.7. The number of hydrogen-bond donors (Lipinski definition) is 2. The Balaban J connectivity index is 0.00000196. The minimum atomic E-state index is -0.839. The fraction of sp³-hybridized carbons (Fsp3) is 0.550. The number of ether oxygens (including phenoxy) is 1. The lowest BCUT2D eigenvalue weighted by Gasteiger charge is -2.26. The van der Waals surface area contributed by atoms with Gasteiger partial charge in [-0.05, 0) is 37.6 Å². The zero-order valence-corrected chi connectivity index (χ0v) is 18.3. The number of nitrogens with zero attached hydrogens (tertiary/aromatic N) is 2. The average molecular weight is 431 g/mol. The number of nitrogens with two attached hydrogens (primary N) is 1. The second kappa shape index (κ2) is 11.0. The molecule has 1 atom stereocenters. The third kappa shape index (κ3) is 6.09. The summed E-state index contributed by atoms with van der Waals surface area (Å²) in [5.74, 6) is -0.134. The maximum absolute atomic E-state index is 12.4. The van der Waals surface area contributed by atoms with E-state index >= 15 is 0 Å². The maximum atomic E-state index is 12.4. The number of amides is 1. The van der Waals surface area contributed by atoms with E-state index in [-0.39, 0.29) is 30.7 Å². The molecule has 0 bridgehead atoms. The summed E-state index contributed by atoms with van der Waals surface area (Å²) in [5, 5.41) is 4.08. The highest BCUT2D eigenvalue weighted by atomic mass is 35.5. The Kier molecular flexibility index (Phi) is 9.74. The molecule has 6 nitrogen and oxygen atoms in total. The fourth-order valence-corrected chi connectivity index (χ4v) is 3.45. The van der Waals surface area contributed by atoms with Crippen LogP contribution in [-0.4, -0.2) is 53.8 Å². The maximum Gasteiger partial charge on any atom is 0.244 e. The van der Waals surface area contributed by atoms with E-state index < -0.39 is 5.54 Å². The quantitative estimate of drug-likeness (QED) is 0.706. The number of benzene rings is 1. The molecule has 1 amide bonds. The van der Waals surface area contributed by atoms with Crippen molar-refractivity contribution in [2.45, 2.75) is 38.8 Å². The third-order valence-electron chi connectivity index (χ3n) is 5.08. The summed E-state index contributed by atoms with van der Waals surface area (Å²) in [7, 11) is 0. The van der Waals surface area contributed by atoms with Gasteiger partial charge in [-0.2, -0.15) is 0 Å². The molecular formula is C20H32Cl2N4O2. The Morgan fingerprint density at radius 1 is 1.21 bits per heavy atom. The third-order valence-corrected chi connectivity index (χ3v) is 5.08. The Morgan fingerprint density at radius 2 is 1.93 bits per heavy atom. The van der Waals surface area contributed by atoms with Crippen LogP contribution in [0.1, 0.15) is 26.7 Å². The molecule has 158 valence electrons. The van der Waals surface area contributed by atoms with E-state index in [2.05, 4.69) is 33.1 Å². The number of fused-ring (bicyclic) bond motifs is 1.